The maximum Gasteiger partial charge on any atom is 0.251 e. The third-order valence-corrected chi connectivity index (χ3v) is 5.32. The first kappa shape index (κ1) is 18.7. The number of rotatable bonds is 5. The van der Waals surface area contributed by atoms with Crippen molar-refractivity contribution < 1.29 is 18.7 Å². The van der Waals surface area contributed by atoms with Crippen LogP contribution in [0.4, 0.5) is 4.39 Å². The van der Waals surface area contributed by atoms with E-state index < -0.39 is 0 Å². The highest BCUT2D eigenvalue weighted by Gasteiger charge is 2.25. The lowest BCUT2D eigenvalue weighted by molar-refractivity contribution is 0.0885. The fraction of sp³-hybridized carbons (Fsp3) is 0.381. The zero-order valence-corrected chi connectivity index (χ0v) is 15.9. The molecular formula is C21H24FN3O3. The standard InChI is InChI=1S/C21H24FN3O3/c1-24-8-10-25(11-9-24)18(15-2-5-17(22)6-3-15)13-23-21(26)16-4-7-19-20(12-16)28-14-27-19/h2-7,12,18H,8-11,13-14H2,1H3,(H,23,26). The minimum Gasteiger partial charge on any atom is -0.454 e. The molecule has 1 atom stereocenters. The summed E-state index contributed by atoms with van der Waals surface area (Å²) in [6.45, 7) is 4.36. The number of nitrogens with one attached hydrogen (secondary N) is 1. The van der Waals surface area contributed by atoms with Gasteiger partial charge < -0.3 is 19.7 Å². The molecule has 1 saturated heterocycles. The van der Waals surface area contributed by atoms with Gasteiger partial charge in [-0.1, -0.05) is 12.1 Å². The molecule has 7 heteroatoms. The van der Waals surface area contributed by atoms with E-state index in [0.717, 1.165) is 31.7 Å². The Hall–Kier alpha value is -2.64. The monoisotopic (exact) mass is 385 g/mol. The molecular weight excluding hydrogens is 361 g/mol. The number of piperazine rings is 1. The molecule has 2 aromatic carbocycles. The highest BCUT2D eigenvalue weighted by Crippen LogP contribution is 2.32. The third-order valence-electron chi connectivity index (χ3n) is 5.32. The predicted octanol–water partition coefficient (Wildman–Crippen LogP) is 2.27. The summed E-state index contributed by atoms with van der Waals surface area (Å²) in [6.07, 6.45) is 0. The second kappa shape index (κ2) is 8.16. The Morgan fingerprint density at radius 2 is 1.79 bits per heavy atom. The van der Waals surface area contributed by atoms with E-state index in [1.165, 1.54) is 12.1 Å². The number of amides is 1. The van der Waals surface area contributed by atoms with Crippen LogP contribution in [0.2, 0.25) is 0 Å². The van der Waals surface area contributed by atoms with E-state index in [-0.39, 0.29) is 24.6 Å². The second-order valence-electron chi connectivity index (χ2n) is 7.18. The zero-order chi connectivity index (χ0) is 19.5. The minimum atomic E-state index is -0.259. The van der Waals surface area contributed by atoms with Crippen LogP contribution in [0.1, 0.15) is 22.0 Å². The van der Waals surface area contributed by atoms with E-state index in [4.69, 9.17) is 9.47 Å². The van der Waals surface area contributed by atoms with Gasteiger partial charge in [0.1, 0.15) is 5.82 Å². The lowest BCUT2D eigenvalue weighted by atomic mass is 10.0. The van der Waals surface area contributed by atoms with Gasteiger partial charge in [-0.25, -0.2) is 4.39 Å². The molecule has 1 N–H and O–H groups in total. The van der Waals surface area contributed by atoms with E-state index in [0.29, 0.717) is 23.6 Å². The smallest absolute Gasteiger partial charge is 0.251 e. The molecule has 2 aliphatic heterocycles. The summed E-state index contributed by atoms with van der Waals surface area (Å²) in [5.74, 6) is 0.810. The number of halogens is 1. The SMILES string of the molecule is CN1CCN(C(CNC(=O)c2ccc3c(c2)OCO3)c2ccc(F)cc2)CC1. The number of likely N-dealkylation sites (N-methyl/N-ethyl adjacent to an activating group) is 1. The molecule has 148 valence electrons. The van der Waals surface area contributed by atoms with Crippen molar-refractivity contribution in [3.8, 4) is 11.5 Å². The molecule has 6 nitrogen and oxygen atoms in total. The van der Waals surface area contributed by atoms with Crippen molar-refractivity contribution in [2.75, 3.05) is 46.6 Å². The van der Waals surface area contributed by atoms with Gasteiger partial charge in [-0.2, -0.15) is 0 Å². The Balaban J connectivity index is 1.47. The normalized spacial score (nSPS) is 18.1. The number of ether oxygens (including phenoxy) is 2. The summed E-state index contributed by atoms with van der Waals surface area (Å²) in [4.78, 5) is 17.3. The zero-order valence-electron chi connectivity index (χ0n) is 15.9. The molecule has 28 heavy (non-hydrogen) atoms. The Kier molecular flexibility index (Phi) is 5.45. The Morgan fingerprint density at radius 1 is 1.07 bits per heavy atom. The van der Waals surface area contributed by atoms with Crippen molar-refractivity contribution in [2.45, 2.75) is 6.04 Å². The molecule has 1 amide bonds. The van der Waals surface area contributed by atoms with Crippen molar-refractivity contribution in [3.63, 3.8) is 0 Å². The van der Waals surface area contributed by atoms with Gasteiger partial charge in [0.25, 0.3) is 5.91 Å². The van der Waals surface area contributed by atoms with Gasteiger partial charge in [0.2, 0.25) is 6.79 Å². The number of nitrogens with zero attached hydrogens (tertiary/aromatic N) is 2. The predicted molar refractivity (Wildman–Crippen MR) is 103 cm³/mol. The highest BCUT2D eigenvalue weighted by atomic mass is 19.1. The quantitative estimate of drug-likeness (QED) is 0.856. The Labute approximate surface area is 163 Å². The van der Waals surface area contributed by atoms with Crippen LogP contribution in [0.5, 0.6) is 11.5 Å². The first-order valence-electron chi connectivity index (χ1n) is 9.46. The lowest BCUT2D eigenvalue weighted by Gasteiger charge is -2.38. The number of benzene rings is 2. The van der Waals surface area contributed by atoms with Crippen molar-refractivity contribution in [3.05, 3.63) is 59.4 Å². The summed E-state index contributed by atoms with van der Waals surface area (Å²) in [5.41, 5.74) is 1.53. The molecule has 0 radical (unpaired) electrons. The molecule has 0 saturated carbocycles. The summed E-state index contributed by atoms with van der Waals surface area (Å²) in [6, 6.07) is 11.7. The number of hydrogen-bond acceptors (Lipinski definition) is 5. The highest BCUT2D eigenvalue weighted by molar-refractivity contribution is 5.95. The van der Waals surface area contributed by atoms with Crippen molar-refractivity contribution in [1.82, 2.24) is 15.1 Å². The number of hydrogen-bond donors (Lipinski definition) is 1. The average molecular weight is 385 g/mol. The largest absolute Gasteiger partial charge is 0.454 e. The number of fused-ring (bicyclic) bond motifs is 1. The second-order valence-corrected chi connectivity index (χ2v) is 7.18. The average Bonchev–Trinajstić information content (AvgIpc) is 3.18. The van der Waals surface area contributed by atoms with Crippen LogP contribution in [0.15, 0.2) is 42.5 Å². The number of carbonyl (C=O) groups is 1. The first-order chi connectivity index (χ1) is 13.6. The molecule has 2 aliphatic rings. The molecule has 2 aromatic rings. The van der Waals surface area contributed by atoms with E-state index in [9.17, 15) is 9.18 Å². The third kappa shape index (κ3) is 4.10. The molecule has 1 fully saturated rings. The topological polar surface area (TPSA) is 54.0 Å². The van der Waals surface area contributed by atoms with Gasteiger partial charge >= 0.3 is 0 Å². The van der Waals surface area contributed by atoms with Crippen LogP contribution in [0, 0.1) is 5.82 Å². The Morgan fingerprint density at radius 3 is 2.54 bits per heavy atom. The van der Waals surface area contributed by atoms with Crippen LogP contribution in [0.25, 0.3) is 0 Å². The minimum absolute atomic E-state index is 0.00717. The fourth-order valence-electron chi connectivity index (χ4n) is 3.61. The van der Waals surface area contributed by atoms with Crippen molar-refractivity contribution in [2.24, 2.45) is 0 Å². The van der Waals surface area contributed by atoms with Gasteiger partial charge in [-0.15, -0.1) is 0 Å². The maximum atomic E-state index is 13.4. The Bertz CT molecular complexity index is 835. The number of carbonyl (C=O) groups excluding carboxylic acids is 1. The molecule has 4 rings (SSSR count). The van der Waals surface area contributed by atoms with Gasteiger partial charge in [0.05, 0.1) is 6.04 Å². The summed E-state index contributed by atoms with van der Waals surface area (Å²) in [5, 5.41) is 3.03. The molecule has 2 heterocycles. The van der Waals surface area contributed by atoms with E-state index in [1.807, 2.05) is 0 Å². The maximum absolute atomic E-state index is 13.4. The fourth-order valence-corrected chi connectivity index (χ4v) is 3.61. The van der Waals surface area contributed by atoms with E-state index >= 15 is 0 Å². The van der Waals surface area contributed by atoms with Crippen LogP contribution in [0.3, 0.4) is 0 Å². The molecule has 1 unspecified atom stereocenters. The van der Waals surface area contributed by atoms with Gasteiger partial charge in [0, 0.05) is 38.3 Å². The van der Waals surface area contributed by atoms with Crippen LogP contribution >= 0.6 is 0 Å². The van der Waals surface area contributed by atoms with Gasteiger partial charge in [-0.3, -0.25) is 9.69 Å². The first-order valence-corrected chi connectivity index (χ1v) is 9.46. The van der Waals surface area contributed by atoms with E-state index in [1.54, 1.807) is 30.3 Å². The van der Waals surface area contributed by atoms with Crippen molar-refractivity contribution >= 4 is 5.91 Å². The van der Waals surface area contributed by atoms with Crippen LogP contribution in [-0.4, -0.2) is 62.3 Å². The molecule has 0 spiro atoms. The van der Waals surface area contributed by atoms with Gasteiger partial charge in [0.15, 0.2) is 11.5 Å². The lowest BCUT2D eigenvalue weighted by Crippen LogP contribution is -2.48. The van der Waals surface area contributed by atoms with Crippen molar-refractivity contribution in [1.29, 1.82) is 0 Å². The van der Waals surface area contributed by atoms with Gasteiger partial charge in [-0.05, 0) is 42.9 Å². The van der Waals surface area contributed by atoms with E-state index in [2.05, 4.69) is 22.2 Å². The molecule has 0 aliphatic carbocycles. The summed E-state index contributed by atoms with van der Waals surface area (Å²) < 4.78 is 24.0. The van der Waals surface area contributed by atoms with Crippen LogP contribution in [-0.2, 0) is 0 Å². The molecule has 0 bridgehead atoms. The summed E-state index contributed by atoms with van der Waals surface area (Å²) >= 11 is 0. The summed E-state index contributed by atoms with van der Waals surface area (Å²) in [7, 11) is 2.10. The molecule has 0 aromatic heterocycles. The van der Waals surface area contributed by atoms with Crippen LogP contribution < -0.4 is 14.8 Å².